The van der Waals surface area contributed by atoms with Crippen molar-refractivity contribution in [1.29, 1.82) is 0 Å². The van der Waals surface area contributed by atoms with E-state index in [1.807, 2.05) is 0 Å². The van der Waals surface area contributed by atoms with Gasteiger partial charge in [-0.1, -0.05) is 19.3 Å². The summed E-state index contributed by atoms with van der Waals surface area (Å²) in [5.41, 5.74) is 0.398. The first-order chi connectivity index (χ1) is 17.4. The second-order valence-electron chi connectivity index (χ2n) is 10.1. The third kappa shape index (κ3) is 5.71. The summed E-state index contributed by atoms with van der Waals surface area (Å²) in [6.45, 7) is 5.02. The van der Waals surface area contributed by atoms with E-state index >= 15 is 0 Å². The van der Waals surface area contributed by atoms with E-state index in [9.17, 15) is 13.2 Å². The highest BCUT2D eigenvalue weighted by atomic mass is 32.2. The highest BCUT2D eigenvalue weighted by molar-refractivity contribution is 7.92. The van der Waals surface area contributed by atoms with Crippen LogP contribution in [0.1, 0.15) is 62.2 Å². The number of aromatic nitrogens is 3. The third-order valence-electron chi connectivity index (χ3n) is 7.68. The Labute approximate surface area is 213 Å². The van der Waals surface area contributed by atoms with Gasteiger partial charge in [-0.15, -0.1) is 0 Å². The molecule has 2 aromatic rings. The highest BCUT2D eigenvalue weighted by Crippen LogP contribution is 2.32. The van der Waals surface area contributed by atoms with Gasteiger partial charge in [0, 0.05) is 32.4 Å². The molecule has 6 bridgehead atoms. The zero-order valence-corrected chi connectivity index (χ0v) is 21.6. The first-order valence-electron chi connectivity index (χ1n) is 13.1. The number of nitrogens with one attached hydrogen (secondary N) is 2. The van der Waals surface area contributed by atoms with E-state index in [0.717, 1.165) is 57.8 Å². The number of nitrogens with zero attached hydrogens (tertiary/aromatic N) is 5. The topological polar surface area (TPSA) is 120 Å². The van der Waals surface area contributed by atoms with E-state index in [-0.39, 0.29) is 17.5 Å². The van der Waals surface area contributed by atoms with Gasteiger partial charge in [-0.05, 0) is 62.6 Å². The predicted molar refractivity (Wildman–Crippen MR) is 141 cm³/mol. The van der Waals surface area contributed by atoms with Crippen molar-refractivity contribution in [2.24, 2.45) is 11.8 Å². The fraction of sp³-hybridized carbons (Fsp3) is 0.600. The largest absolute Gasteiger partial charge is 0.356 e. The molecule has 0 unspecified atom stereocenters. The Kier molecular flexibility index (Phi) is 7.27. The molecule has 2 aromatic heterocycles. The molecule has 6 aliphatic rings. The van der Waals surface area contributed by atoms with Crippen LogP contribution in [-0.2, 0) is 10.0 Å². The molecule has 0 saturated carbocycles. The number of carbonyl (C=O) groups excluding carboxylic acids is 1. The minimum Gasteiger partial charge on any atom is -0.356 e. The van der Waals surface area contributed by atoms with Crippen molar-refractivity contribution in [2.45, 2.75) is 51.9 Å². The van der Waals surface area contributed by atoms with Crippen molar-refractivity contribution in [2.75, 3.05) is 51.8 Å². The van der Waals surface area contributed by atoms with Crippen molar-refractivity contribution in [1.82, 2.24) is 15.0 Å². The van der Waals surface area contributed by atoms with Crippen LogP contribution in [0.25, 0.3) is 0 Å². The number of carbonyl (C=O) groups is 1. The van der Waals surface area contributed by atoms with Gasteiger partial charge in [0.25, 0.3) is 5.91 Å². The lowest BCUT2D eigenvalue weighted by Crippen LogP contribution is -2.36. The van der Waals surface area contributed by atoms with Crippen LogP contribution in [0, 0.1) is 11.8 Å². The molecule has 2 saturated heterocycles. The summed E-state index contributed by atoms with van der Waals surface area (Å²) in [7, 11) is -3.48. The monoisotopic (exact) mass is 513 g/mol. The predicted octanol–water partition coefficient (Wildman–Crippen LogP) is 3.50. The summed E-state index contributed by atoms with van der Waals surface area (Å²) < 4.78 is 26.8. The maximum absolute atomic E-state index is 13.4. The molecular formula is C25H35N7O3S. The van der Waals surface area contributed by atoms with Gasteiger partial charge in [-0.25, -0.2) is 18.4 Å². The lowest BCUT2D eigenvalue weighted by atomic mass is 9.87. The molecule has 2 fully saturated rings. The number of sulfonamides is 1. The quantitative estimate of drug-likeness (QED) is 0.640. The van der Waals surface area contributed by atoms with Crippen LogP contribution in [0.4, 0.5) is 23.4 Å². The zero-order valence-electron chi connectivity index (χ0n) is 20.8. The zero-order chi connectivity index (χ0) is 25.1. The number of piperidine rings is 2. The molecule has 194 valence electrons. The molecule has 8 heterocycles. The minimum atomic E-state index is -3.48. The Morgan fingerprint density at radius 1 is 0.944 bits per heavy atom. The SMILES string of the molecule is CCS(=O)(=O)Nc1ccc2c(n1)N1CCC(CCCC3CCN(CC3)c3nccc(n3)NC2=O)CC1. The molecule has 10 nitrogen and oxygen atoms in total. The molecule has 36 heavy (non-hydrogen) atoms. The lowest BCUT2D eigenvalue weighted by molar-refractivity contribution is 0.102. The molecule has 6 aliphatic heterocycles. The minimum absolute atomic E-state index is 0.0500. The van der Waals surface area contributed by atoms with Crippen LogP contribution in [-0.4, -0.2) is 61.2 Å². The molecule has 0 radical (unpaired) electrons. The van der Waals surface area contributed by atoms with Crippen LogP contribution < -0.4 is 19.8 Å². The van der Waals surface area contributed by atoms with Gasteiger partial charge in [-0.3, -0.25) is 9.52 Å². The van der Waals surface area contributed by atoms with Crippen LogP contribution in [0.3, 0.4) is 0 Å². The van der Waals surface area contributed by atoms with Gasteiger partial charge >= 0.3 is 0 Å². The molecule has 2 N–H and O–H groups in total. The van der Waals surface area contributed by atoms with Gasteiger partial charge in [0.05, 0.1) is 11.3 Å². The van der Waals surface area contributed by atoms with Crippen LogP contribution in [0.5, 0.6) is 0 Å². The summed E-state index contributed by atoms with van der Waals surface area (Å²) >= 11 is 0. The van der Waals surface area contributed by atoms with Gasteiger partial charge in [0.15, 0.2) is 0 Å². The van der Waals surface area contributed by atoms with Crippen LogP contribution >= 0.6 is 0 Å². The molecular weight excluding hydrogens is 478 g/mol. The van der Waals surface area contributed by atoms with Crippen molar-refractivity contribution in [3.8, 4) is 0 Å². The third-order valence-corrected chi connectivity index (χ3v) is 8.96. The number of pyridine rings is 1. The normalized spacial score (nSPS) is 23.0. The van der Waals surface area contributed by atoms with E-state index in [2.05, 4.69) is 34.8 Å². The second kappa shape index (κ2) is 10.6. The molecule has 8 rings (SSSR count). The first kappa shape index (κ1) is 24.7. The van der Waals surface area contributed by atoms with Crippen LogP contribution in [0.2, 0.25) is 0 Å². The first-order valence-corrected chi connectivity index (χ1v) is 14.7. The maximum atomic E-state index is 13.4. The standard InChI is InChI=1S/C25H35N7O3S/c1-2-36(34,35)30-22-7-6-20-23(27-22)31-14-9-18(10-15-31)4-3-5-19-11-16-32(17-12-19)25-26-13-8-21(29-25)28-24(20)33/h6-8,13,18-19H,2-5,9-12,14-17H2,1H3,(H,27,30)(H,26,28,29,33). The average molecular weight is 514 g/mol. The fourth-order valence-corrected chi connectivity index (χ4v) is 6.04. The summed E-state index contributed by atoms with van der Waals surface area (Å²) in [6.07, 6.45) is 9.83. The van der Waals surface area contributed by atoms with Crippen molar-refractivity contribution in [3.05, 3.63) is 30.0 Å². The Morgan fingerprint density at radius 3 is 2.28 bits per heavy atom. The number of amides is 1. The van der Waals surface area contributed by atoms with Gasteiger partial charge in [-0.2, -0.15) is 4.98 Å². The molecule has 11 heteroatoms. The van der Waals surface area contributed by atoms with Gasteiger partial charge in [0.2, 0.25) is 16.0 Å². The summed E-state index contributed by atoms with van der Waals surface area (Å²) in [5.74, 6) is 2.85. The van der Waals surface area contributed by atoms with Gasteiger partial charge < -0.3 is 15.1 Å². The Hall–Kier alpha value is -2.95. The van der Waals surface area contributed by atoms with E-state index in [1.165, 1.54) is 19.3 Å². The smallest absolute Gasteiger partial charge is 0.260 e. The number of hydrogen-bond donors (Lipinski definition) is 2. The Morgan fingerprint density at radius 2 is 1.61 bits per heavy atom. The Balaban J connectivity index is 1.47. The van der Waals surface area contributed by atoms with E-state index in [1.54, 1.807) is 31.3 Å². The fourth-order valence-electron chi connectivity index (χ4n) is 5.46. The summed E-state index contributed by atoms with van der Waals surface area (Å²) in [4.78, 5) is 31.4. The summed E-state index contributed by atoms with van der Waals surface area (Å²) in [5, 5.41) is 2.91. The maximum Gasteiger partial charge on any atom is 0.260 e. The molecule has 0 spiro atoms. The van der Waals surface area contributed by atoms with Crippen molar-refractivity contribution in [3.63, 3.8) is 0 Å². The Bertz CT molecular complexity index is 1190. The molecule has 0 atom stereocenters. The van der Waals surface area contributed by atoms with E-state index in [0.29, 0.717) is 29.1 Å². The van der Waals surface area contributed by atoms with Crippen molar-refractivity contribution >= 4 is 39.3 Å². The van der Waals surface area contributed by atoms with Crippen molar-refractivity contribution < 1.29 is 13.2 Å². The molecule has 1 amide bonds. The van der Waals surface area contributed by atoms with E-state index < -0.39 is 10.0 Å². The molecule has 0 aromatic carbocycles. The average Bonchev–Trinajstić information content (AvgIpc) is 2.89. The lowest BCUT2D eigenvalue weighted by Gasteiger charge is -2.35. The summed E-state index contributed by atoms with van der Waals surface area (Å²) in [6, 6.07) is 4.87. The second-order valence-corrected chi connectivity index (χ2v) is 12.1. The highest BCUT2D eigenvalue weighted by Gasteiger charge is 2.27. The van der Waals surface area contributed by atoms with Gasteiger partial charge in [0.1, 0.15) is 17.5 Å². The number of anilines is 4. The molecule has 0 aliphatic carbocycles. The number of hydrogen-bond acceptors (Lipinski definition) is 8. The van der Waals surface area contributed by atoms with Crippen LogP contribution in [0.15, 0.2) is 24.4 Å². The van der Waals surface area contributed by atoms with E-state index in [4.69, 9.17) is 0 Å². The number of rotatable bonds is 3.